The fourth-order valence-electron chi connectivity index (χ4n) is 2.28. The fourth-order valence-corrected chi connectivity index (χ4v) is 2.95. The minimum absolute atomic E-state index is 0.425. The van der Waals surface area contributed by atoms with Crippen LogP contribution >= 0.6 is 11.3 Å². The van der Waals surface area contributed by atoms with E-state index >= 15 is 0 Å². The average molecular weight is 224 g/mol. The summed E-state index contributed by atoms with van der Waals surface area (Å²) in [5, 5.41) is 7.85. The second-order valence-corrected chi connectivity index (χ2v) is 5.25. The number of hydrogen-bond donors (Lipinski definition) is 2. The highest BCUT2D eigenvalue weighted by molar-refractivity contribution is 7.07. The topological polar surface area (TPSA) is 38.0 Å². The van der Waals surface area contributed by atoms with Gasteiger partial charge < -0.3 is 11.1 Å². The zero-order chi connectivity index (χ0) is 10.5. The van der Waals surface area contributed by atoms with Gasteiger partial charge in [-0.25, -0.2) is 0 Å². The molecule has 1 aromatic rings. The van der Waals surface area contributed by atoms with Crippen molar-refractivity contribution >= 4 is 11.3 Å². The van der Waals surface area contributed by atoms with E-state index in [1.807, 2.05) is 0 Å². The van der Waals surface area contributed by atoms with Crippen LogP contribution in [-0.2, 0) is 6.54 Å². The van der Waals surface area contributed by atoms with Gasteiger partial charge in [-0.1, -0.05) is 12.8 Å². The van der Waals surface area contributed by atoms with Gasteiger partial charge >= 0.3 is 0 Å². The van der Waals surface area contributed by atoms with E-state index in [2.05, 4.69) is 22.1 Å². The minimum Gasteiger partial charge on any atom is -0.327 e. The molecule has 1 aromatic heterocycles. The van der Waals surface area contributed by atoms with E-state index in [-0.39, 0.29) is 0 Å². The third-order valence-electron chi connectivity index (χ3n) is 3.28. The van der Waals surface area contributed by atoms with Gasteiger partial charge in [0.05, 0.1) is 0 Å². The molecule has 15 heavy (non-hydrogen) atoms. The molecule has 1 aliphatic rings. The summed E-state index contributed by atoms with van der Waals surface area (Å²) in [4.78, 5) is 0. The molecule has 1 heterocycles. The average Bonchev–Trinajstić information content (AvgIpc) is 2.74. The third kappa shape index (κ3) is 3.30. The number of rotatable bonds is 4. The first-order valence-electron chi connectivity index (χ1n) is 5.83. The smallest absolute Gasteiger partial charge is 0.0213 e. The predicted molar refractivity (Wildman–Crippen MR) is 66.0 cm³/mol. The van der Waals surface area contributed by atoms with Crippen LogP contribution in [0.5, 0.6) is 0 Å². The molecule has 84 valence electrons. The van der Waals surface area contributed by atoms with Gasteiger partial charge in [0.2, 0.25) is 0 Å². The molecule has 1 saturated carbocycles. The highest BCUT2D eigenvalue weighted by Crippen LogP contribution is 2.22. The molecule has 0 saturated heterocycles. The SMILES string of the molecule is NC1CCCCC1CNCc1ccsc1. The van der Waals surface area contributed by atoms with E-state index in [9.17, 15) is 0 Å². The van der Waals surface area contributed by atoms with Crippen LogP contribution in [0.25, 0.3) is 0 Å². The molecule has 0 aliphatic heterocycles. The Kier molecular flexibility index (Phi) is 4.18. The Bertz CT molecular complexity index is 271. The first kappa shape index (κ1) is 11.1. The first-order valence-corrected chi connectivity index (χ1v) is 6.78. The van der Waals surface area contributed by atoms with Crippen LogP contribution in [0.2, 0.25) is 0 Å². The van der Waals surface area contributed by atoms with Crippen molar-refractivity contribution in [3.63, 3.8) is 0 Å². The van der Waals surface area contributed by atoms with Crippen LogP contribution < -0.4 is 11.1 Å². The Balaban J connectivity index is 1.68. The summed E-state index contributed by atoms with van der Waals surface area (Å²) in [6.45, 7) is 2.07. The number of hydrogen-bond acceptors (Lipinski definition) is 3. The largest absolute Gasteiger partial charge is 0.327 e. The van der Waals surface area contributed by atoms with E-state index in [0.717, 1.165) is 13.1 Å². The molecule has 0 radical (unpaired) electrons. The lowest BCUT2D eigenvalue weighted by Gasteiger charge is -2.28. The Hall–Kier alpha value is -0.380. The molecule has 0 spiro atoms. The molecule has 0 aromatic carbocycles. The second kappa shape index (κ2) is 5.64. The molecular weight excluding hydrogens is 204 g/mol. The summed E-state index contributed by atoms with van der Waals surface area (Å²) in [6.07, 6.45) is 5.20. The predicted octanol–water partition coefficient (Wildman–Crippen LogP) is 2.36. The maximum Gasteiger partial charge on any atom is 0.0213 e. The number of nitrogens with one attached hydrogen (secondary N) is 1. The monoisotopic (exact) mass is 224 g/mol. The van der Waals surface area contributed by atoms with Gasteiger partial charge in [0.15, 0.2) is 0 Å². The van der Waals surface area contributed by atoms with Crippen molar-refractivity contribution in [1.82, 2.24) is 5.32 Å². The number of thiophene rings is 1. The van der Waals surface area contributed by atoms with Crippen molar-refractivity contribution in [3.05, 3.63) is 22.4 Å². The van der Waals surface area contributed by atoms with Crippen molar-refractivity contribution in [1.29, 1.82) is 0 Å². The van der Waals surface area contributed by atoms with Crippen molar-refractivity contribution in [2.75, 3.05) is 6.54 Å². The molecule has 2 atom stereocenters. The maximum atomic E-state index is 6.10. The molecule has 2 unspecified atom stereocenters. The maximum absolute atomic E-state index is 6.10. The Morgan fingerprint density at radius 3 is 3.00 bits per heavy atom. The molecule has 2 nitrogen and oxygen atoms in total. The fraction of sp³-hybridized carbons (Fsp3) is 0.667. The van der Waals surface area contributed by atoms with E-state index < -0.39 is 0 Å². The zero-order valence-electron chi connectivity index (χ0n) is 9.11. The molecule has 3 heteroatoms. The lowest BCUT2D eigenvalue weighted by atomic mass is 9.85. The minimum atomic E-state index is 0.425. The Labute approximate surface area is 95.9 Å². The van der Waals surface area contributed by atoms with E-state index in [1.54, 1.807) is 11.3 Å². The second-order valence-electron chi connectivity index (χ2n) is 4.47. The molecule has 2 rings (SSSR count). The normalized spacial score (nSPS) is 26.7. The van der Waals surface area contributed by atoms with Gasteiger partial charge in [-0.05, 0) is 47.7 Å². The molecule has 1 aliphatic carbocycles. The summed E-state index contributed by atoms with van der Waals surface area (Å²) >= 11 is 1.76. The summed E-state index contributed by atoms with van der Waals surface area (Å²) in [7, 11) is 0. The van der Waals surface area contributed by atoms with Gasteiger partial charge in [0.1, 0.15) is 0 Å². The van der Waals surface area contributed by atoms with Crippen molar-refractivity contribution in [2.45, 2.75) is 38.3 Å². The zero-order valence-corrected chi connectivity index (χ0v) is 9.93. The van der Waals surface area contributed by atoms with Crippen LogP contribution in [0.3, 0.4) is 0 Å². The van der Waals surface area contributed by atoms with Gasteiger partial charge in [-0.15, -0.1) is 0 Å². The first-order chi connectivity index (χ1) is 7.36. The molecule has 0 bridgehead atoms. The summed E-state index contributed by atoms with van der Waals surface area (Å²) in [5.74, 6) is 0.692. The van der Waals surface area contributed by atoms with Gasteiger partial charge in [-0.3, -0.25) is 0 Å². The quantitative estimate of drug-likeness (QED) is 0.824. The van der Waals surface area contributed by atoms with Crippen molar-refractivity contribution in [2.24, 2.45) is 11.7 Å². The lowest BCUT2D eigenvalue weighted by molar-refractivity contribution is 0.296. The van der Waals surface area contributed by atoms with Crippen LogP contribution in [-0.4, -0.2) is 12.6 Å². The Morgan fingerprint density at radius 1 is 1.40 bits per heavy atom. The summed E-state index contributed by atoms with van der Waals surface area (Å²) < 4.78 is 0. The standard InChI is InChI=1S/C12H20N2S/c13-12-4-2-1-3-11(12)8-14-7-10-5-6-15-9-10/h5-6,9,11-12,14H,1-4,7-8,13H2. The third-order valence-corrected chi connectivity index (χ3v) is 4.02. The van der Waals surface area contributed by atoms with E-state index in [4.69, 9.17) is 5.73 Å². The van der Waals surface area contributed by atoms with E-state index in [0.29, 0.717) is 12.0 Å². The summed E-state index contributed by atoms with van der Waals surface area (Å²) in [6, 6.07) is 2.60. The highest BCUT2D eigenvalue weighted by Gasteiger charge is 2.20. The van der Waals surface area contributed by atoms with Crippen LogP contribution in [0, 0.1) is 5.92 Å². The van der Waals surface area contributed by atoms with Crippen LogP contribution in [0.4, 0.5) is 0 Å². The molecule has 0 amide bonds. The highest BCUT2D eigenvalue weighted by atomic mass is 32.1. The Morgan fingerprint density at radius 2 is 2.27 bits per heavy atom. The number of nitrogens with two attached hydrogens (primary N) is 1. The van der Waals surface area contributed by atoms with Gasteiger partial charge in [-0.2, -0.15) is 11.3 Å². The molecule has 3 N–H and O–H groups in total. The molecule has 1 fully saturated rings. The van der Waals surface area contributed by atoms with E-state index in [1.165, 1.54) is 31.2 Å². The molecular formula is C12H20N2S. The lowest BCUT2D eigenvalue weighted by Crippen LogP contribution is -2.39. The van der Waals surface area contributed by atoms with Crippen molar-refractivity contribution < 1.29 is 0 Å². The van der Waals surface area contributed by atoms with Crippen LogP contribution in [0.15, 0.2) is 16.8 Å². The van der Waals surface area contributed by atoms with Gasteiger partial charge in [0.25, 0.3) is 0 Å². The van der Waals surface area contributed by atoms with Crippen molar-refractivity contribution in [3.8, 4) is 0 Å². The summed E-state index contributed by atoms with van der Waals surface area (Å²) in [5.41, 5.74) is 7.49. The van der Waals surface area contributed by atoms with Crippen LogP contribution in [0.1, 0.15) is 31.2 Å². The van der Waals surface area contributed by atoms with Gasteiger partial charge in [0, 0.05) is 12.6 Å².